The van der Waals surface area contributed by atoms with Crippen molar-refractivity contribution in [2.24, 2.45) is 0 Å². The molecule has 6 heteroatoms. The first-order valence-corrected chi connectivity index (χ1v) is 8.31. The summed E-state index contributed by atoms with van der Waals surface area (Å²) in [4.78, 5) is 18.3. The number of nitrogens with one attached hydrogen (secondary N) is 1. The lowest BCUT2D eigenvalue weighted by Gasteiger charge is -2.19. The molecule has 0 aliphatic rings. The summed E-state index contributed by atoms with van der Waals surface area (Å²) in [5.41, 5.74) is 1.33. The molecule has 0 aliphatic heterocycles. The molecule has 1 N–H and O–H groups in total. The van der Waals surface area contributed by atoms with Crippen molar-refractivity contribution in [3.63, 3.8) is 0 Å². The number of amides is 1. The molecule has 1 aromatic carbocycles. The van der Waals surface area contributed by atoms with E-state index in [0.29, 0.717) is 31.1 Å². The summed E-state index contributed by atoms with van der Waals surface area (Å²) in [6, 6.07) is 6.14. The van der Waals surface area contributed by atoms with E-state index in [1.807, 2.05) is 11.8 Å². The molecule has 0 fully saturated rings. The SMILES string of the molecule is CCCNC(=O)CN(CCC)Cc1coc(-c2cccc(F)c2)n1. The lowest BCUT2D eigenvalue weighted by Crippen LogP contribution is -2.37. The van der Waals surface area contributed by atoms with Crippen LogP contribution >= 0.6 is 0 Å². The van der Waals surface area contributed by atoms with E-state index in [9.17, 15) is 9.18 Å². The van der Waals surface area contributed by atoms with E-state index < -0.39 is 0 Å². The van der Waals surface area contributed by atoms with Crippen LogP contribution in [0.15, 0.2) is 34.9 Å². The first-order valence-electron chi connectivity index (χ1n) is 8.31. The average Bonchev–Trinajstić information content (AvgIpc) is 3.01. The van der Waals surface area contributed by atoms with Crippen molar-refractivity contribution >= 4 is 5.91 Å². The molecule has 0 atom stereocenters. The number of oxazole rings is 1. The molecule has 1 amide bonds. The molecule has 5 nitrogen and oxygen atoms in total. The molecule has 2 aromatic rings. The quantitative estimate of drug-likeness (QED) is 0.765. The molecule has 0 saturated carbocycles. The van der Waals surface area contributed by atoms with Gasteiger partial charge in [-0.15, -0.1) is 0 Å². The van der Waals surface area contributed by atoms with Crippen LogP contribution in [-0.2, 0) is 11.3 Å². The van der Waals surface area contributed by atoms with Crippen molar-refractivity contribution in [1.82, 2.24) is 15.2 Å². The molecule has 2 rings (SSSR count). The van der Waals surface area contributed by atoms with E-state index in [0.717, 1.165) is 25.1 Å². The van der Waals surface area contributed by atoms with Crippen molar-refractivity contribution < 1.29 is 13.6 Å². The zero-order chi connectivity index (χ0) is 17.4. The predicted molar refractivity (Wildman–Crippen MR) is 90.8 cm³/mol. The fraction of sp³-hybridized carbons (Fsp3) is 0.444. The van der Waals surface area contributed by atoms with Gasteiger partial charge in [-0.1, -0.05) is 19.9 Å². The second-order valence-corrected chi connectivity index (χ2v) is 5.71. The van der Waals surface area contributed by atoms with E-state index in [1.54, 1.807) is 18.4 Å². The molecule has 24 heavy (non-hydrogen) atoms. The fourth-order valence-electron chi connectivity index (χ4n) is 2.42. The highest BCUT2D eigenvalue weighted by atomic mass is 19.1. The van der Waals surface area contributed by atoms with Crippen LogP contribution in [0.1, 0.15) is 32.4 Å². The molecule has 0 unspecified atom stereocenters. The van der Waals surface area contributed by atoms with Gasteiger partial charge in [0.25, 0.3) is 0 Å². The van der Waals surface area contributed by atoms with Gasteiger partial charge in [-0.2, -0.15) is 0 Å². The van der Waals surface area contributed by atoms with Gasteiger partial charge in [0.05, 0.1) is 12.2 Å². The van der Waals surface area contributed by atoms with Crippen molar-refractivity contribution in [1.29, 1.82) is 0 Å². The molecule has 0 spiro atoms. The van der Waals surface area contributed by atoms with Gasteiger partial charge in [0, 0.05) is 18.7 Å². The largest absolute Gasteiger partial charge is 0.444 e. The highest BCUT2D eigenvalue weighted by molar-refractivity contribution is 5.77. The molecule has 0 bridgehead atoms. The Morgan fingerprint density at radius 1 is 1.33 bits per heavy atom. The van der Waals surface area contributed by atoms with Crippen LogP contribution in [0.2, 0.25) is 0 Å². The Morgan fingerprint density at radius 3 is 2.88 bits per heavy atom. The highest BCUT2D eigenvalue weighted by Crippen LogP contribution is 2.20. The number of hydrogen-bond acceptors (Lipinski definition) is 4. The molecule has 0 radical (unpaired) electrons. The predicted octanol–water partition coefficient (Wildman–Crippen LogP) is 3.22. The van der Waals surface area contributed by atoms with E-state index in [1.165, 1.54) is 12.1 Å². The lowest BCUT2D eigenvalue weighted by molar-refractivity contribution is -0.122. The van der Waals surface area contributed by atoms with Gasteiger partial charge in [-0.05, 0) is 37.6 Å². The third kappa shape index (κ3) is 5.45. The van der Waals surface area contributed by atoms with E-state index >= 15 is 0 Å². The van der Waals surface area contributed by atoms with Gasteiger partial charge in [0.1, 0.15) is 12.1 Å². The van der Waals surface area contributed by atoms with Gasteiger partial charge in [0.15, 0.2) is 0 Å². The van der Waals surface area contributed by atoms with Crippen LogP contribution in [0, 0.1) is 5.82 Å². The number of nitrogens with zero attached hydrogens (tertiary/aromatic N) is 2. The summed E-state index contributed by atoms with van der Waals surface area (Å²) in [5.74, 6) is 0.0722. The summed E-state index contributed by atoms with van der Waals surface area (Å²) in [6.45, 7) is 6.42. The maximum absolute atomic E-state index is 13.3. The van der Waals surface area contributed by atoms with E-state index in [-0.39, 0.29) is 11.7 Å². The summed E-state index contributed by atoms with van der Waals surface area (Å²) in [6.07, 6.45) is 3.42. The zero-order valence-electron chi connectivity index (χ0n) is 14.2. The van der Waals surface area contributed by atoms with Crippen molar-refractivity contribution in [3.05, 3.63) is 42.0 Å². The second kappa shape index (κ2) is 9.17. The monoisotopic (exact) mass is 333 g/mol. The fourth-order valence-corrected chi connectivity index (χ4v) is 2.42. The zero-order valence-corrected chi connectivity index (χ0v) is 14.2. The number of halogens is 1. The molecule has 0 aliphatic carbocycles. The Hall–Kier alpha value is -2.21. The Morgan fingerprint density at radius 2 is 2.17 bits per heavy atom. The number of hydrogen-bond donors (Lipinski definition) is 1. The van der Waals surface area contributed by atoms with Gasteiger partial charge in [-0.25, -0.2) is 9.37 Å². The number of aromatic nitrogens is 1. The maximum atomic E-state index is 13.3. The first kappa shape index (κ1) is 18.1. The summed E-state index contributed by atoms with van der Waals surface area (Å²) in [7, 11) is 0. The normalized spacial score (nSPS) is 11.0. The van der Waals surface area contributed by atoms with Crippen LogP contribution in [0.5, 0.6) is 0 Å². The van der Waals surface area contributed by atoms with E-state index in [4.69, 9.17) is 4.42 Å². The molecule has 0 saturated heterocycles. The van der Waals surface area contributed by atoms with E-state index in [2.05, 4.69) is 17.2 Å². The summed E-state index contributed by atoms with van der Waals surface area (Å²) < 4.78 is 18.7. The minimum atomic E-state index is -0.326. The van der Waals surface area contributed by atoms with Crippen LogP contribution in [0.3, 0.4) is 0 Å². The summed E-state index contributed by atoms with van der Waals surface area (Å²) in [5, 5.41) is 2.88. The molecular weight excluding hydrogens is 309 g/mol. The highest BCUT2D eigenvalue weighted by Gasteiger charge is 2.14. The van der Waals surface area contributed by atoms with Crippen LogP contribution in [-0.4, -0.2) is 35.4 Å². The third-order valence-corrected chi connectivity index (χ3v) is 3.49. The Kier molecular flexibility index (Phi) is 6.93. The third-order valence-electron chi connectivity index (χ3n) is 3.49. The first-order chi connectivity index (χ1) is 11.6. The minimum Gasteiger partial charge on any atom is -0.444 e. The van der Waals surface area contributed by atoms with Crippen LogP contribution < -0.4 is 5.32 Å². The second-order valence-electron chi connectivity index (χ2n) is 5.71. The van der Waals surface area contributed by atoms with Crippen LogP contribution in [0.25, 0.3) is 11.5 Å². The van der Waals surface area contributed by atoms with Gasteiger partial charge < -0.3 is 9.73 Å². The van der Waals surface area contributed by atoms with Gasteiger partial charge in [0.2, 0.25) is 11.8 Å². The number of rotatable bonds is 9. The molecule has 1 aromatic heterocycles. The number of carbonyl (C=O) groups excluding carboxylic acids is 1. The maximum Gasteiger partial charge on any atom is 0.234 e. The van der Waals surface area contributed by atoms with Gasteiger partial charge >= 0.3 is 0 Å². The number of benzene rings is 1. The molecule has 1 heterocycles. The lowest BCUT2D eigenvalue weighted by atomic mass is 10.2. The Balaban J connectivity index is 2.00. The van der Waals surface area contributed by atoms with Gasteiger partial charge in [-0.3, -0.25) is 9.69 Å². The summed E-state index contributed by atoms with van der Waals surface area (Å²) >= 11 is 0. The van der Waals surface area contributed by atoms with Crippen molar-refractivity contribution in [2.45, 2.75) is 33.2 Å². The standard InChI is InChI=1S/C18H24FN3O2/c1-3-8-20-17(23)12-22(9-4-2)11-16-13-24-18(21-16)14-6-5-7-15(19)10-14/h5-7,10,13H,3-4,8-9,11-12H2,1-2H3,(H,20,23). The van der Waals surface area contributed by atoms with Crippen molar-refractivity contribution in [2.75, 3.05) is 19.6 Å². The number of carbonyl (C=O) groups is 1. The minimum absolute atomic E-state index is 0.0131. The molecular formula is C18H24FN3O2. The Labute approximate surface area is 141 Å². The van der Waals surface area contributed by atoms with Crippen molar-refractivity contribution in [3.8, 4) is 11.5 Å². The molecule has 130 valence electrons. The topological polar surface area (TPSA) is 58.4 Å². The Bertz CT molecular complexity index is 657. The van der Waals surface area contributed by atoms with Crippen LogP contribution in [0.4, 0.5) is 4.39 Å². The average molecular weight is 333 g/mol. The smallest absolute Gasteiger partial charge is 0.234 e.